The number of ether oxygens (including phenoxy) is 1. The molecule has 0 saturated carbocycles. The van der Waals surface area contributed by atoms with Gasteiger partial charge in [0.2, 0.25) is 0 Å². The van der Waals surface area contributed by atoms with E-state index >= 15 is 0 Å². The first-order valence-electron chi connectivity index (χ1n) is 11.8. The normalized spacial score (nSPS) is 14.6. The summed E-state index contributed by atoms with van der Waals surface area (Å²) < 4.78 is 7.44. The Hall–Kier alpha value is -3.65. The summed E-state index contributed by atoms with van der Waals surface area (Å²) in [5.74, 6) is 2.81. The van der Waals surface area contributed by atoms with Crippen LogP contribution in [0.3, 0.4) is 0 Å². The molecule has 0 atom stereocenters. The molecule has 1 N–H and O–H groups in total. The highest BCUT2D eigenvalue weighted by Gasteiger charge is 2.20. The second-order valence-electron chi connectivity index (χ2n) is 8.84. The van der Waals surface area contributed by atoms with Gasteiger partial charge in [0, 0.05) is 61.7 Å². The van der Waals surface area contributed by atoms with Gasteiger partial charge >= 0.3 is 0 Å². The number of aromatic nitrogens is 4. The molecule has 4 heterocycles. The average molecular weight is 458 g/mol. The monoisotopic (exact) mass is 457 g/mol. The van der Waals surface area contributed by atoms with Crippen LogP contribution in [-0.2, 0) is 6.54 Å². The third-order valence-electron chi connectivity index (χ3n) is 6.54. The van der Waals surface area contributed by atoms with Crippen molar-refractivity contribution < 1.29 is 4.74 Å². The summed E-state index contributed by atoms with van der Waals surface area (Å²) in [5, 5.41) is 12.0. The van der Waals surface area contributed by atoms with Crippen LogP contribution in [0.25, 0.3) is 16.8 Å². The number of hydrogen-bond donors (Lipinski definition) is 1. The smallest absolute Gasteiger partial charge is 0.170 e. The van der Waals surface area contributed by atoms with Gasteiger partial charge in [-0.25, -0.2) is 4.98 Å². The highest BCUT2D eigenvalue weighted by atomic mass is 16.5. The summed E-state index contributed by atoms with van der Waals surface area (Å²) in [6.45, 7) is 9.31. The van der Waals surface area contributed by atoms with Crippen LogP contribution in [0.1, 0.15) is 19.4 Å². The fraction of sp³-hybridized carbons (Fsp3) is 0.346. The van der Waals surface area contributed by atoms with Gasteiger partial charge in [-0.15, -0.1) is 10.2 Å². The Balaban J connectivity index is 1.33. The highest BCUT2D eigenvalue weighted by Crippen LogP contribution is 2.28. The highest BCUT2D eigenvalue weighted by molar-refractivity contribution is 5.79. The Labute approximate surface area is 200 Å². The van der Waals surface area contributed by atoms with Crippen molar-refractivity contribution in [3.8, 4) is 16.9 Å². The zero-order valence-corrected chi connectivity index (χ0v) is 20.0. The molecular formula is C26H31N7O. The van der Waals surface area contributed by atoms with Crippen LogP contribution in [0.2, 0.25) is 0 Å². The van der Waals surface area contributed by atoms with Crippen molar-refractivity contribution in [3.63, 3.8) is 0 Å². The van der Waals surface area contributed by atoms with Gasteiger partial charge in [0.05, 0.1) is 7.11 Å². The number of pyridine rings is 2. The summed E-state index contributed by atoms with van der Waals surface area (Å²) in [6, 6.07) is 17.0. The lowest BCUT2D eigenvalue weighted by atomic mass is 10.1. The van der Waals surface area contributed by atoms with Crippen LogP contribution in [0.4, 0.5) is 11.6 Å². The number of fused-ring (bicyclic) bond motifs is 1. The molecule has 3 aromatic heterocycles. The Morgan fingerprint density at radius 2 is 1.82 bits per heavy atom. The van der Waals surface area contributed by atoms with E-state index in [1.807, 2.05) is 28.8 Å². The first-order chi connectivity index (χ1) is 16.6. The van der Waals surface area contributed by atoms with Crippen LogP contribution in [0.5, 0.6) is 5.75 Å². The van der Waals surface area contributed by atoms with E-state index in [-0.39, 0.29) is 0 Å². The molecular weight excluding hydrogens is 426 g/mol. The van der Waals surface area contributed by atoms with E-state index in [0.29, 0.717) is 12.6 Å². The molecule has 0 unspecified atom stereocenters. The number of hydrogen-bond acceptors (Lipinski definition) is 7. The third kappa shape index (κ3) is 4.41. The van der Waals surface area contributed by atoms with Crippen LogP contribution < -0.4 is 15.0 Å². The molecule has 1 saturated heterocycles. The minimum absolute atomic E-state index is 0.593. The molecule has 0 bridgehead atoms. The second kappa shape index (κ2) is 9.69. The Kier molecular flexibility index (Phi) is 6.31. The minimum Gasteiger partial charge on any atom is -0.496 e. The van der Waals surface area contributed by atoms with Crippen molar-refractivity contribution in [2.75, 3.05) is 43.5 Å². The zero-order valence-electron chi connectivity index (χ0n) is 20.0. The van der Waals surface area contributed by atoms with E-state index in [0.717, 1.165) is 65.9 Å². The average Bonchev–Trinajstić information content (AvgIpc) is 3.38. The first-order valence-corrected chi connectivity index (χ1v) is 11.8. The van der Waals surface area contributed by atoms with Gasteiger partial charge in [0.15, 0.2) is 5.65 Å². The molecule has 5 rings (SSSR count). The molecule has 34 heavy (non-hydrogen) atoms. The lowest BCUT2D eigenvalue weighted by molar-refractivity contribution is 0.209. The number of para-hydroxylation sites is 1. The van der Waals surface area contributed by atoms with E-state index in [4.69, 9.17) is 9.72 Å². The van der Waals surface area contributed by atoms with Gasteiger partial charge in [0.25, 0.3) is 0 Å². The van der Waals surface area contributed by atoms with Crippen molar-refractivity contribution >= 4 is 17.3 Å². The number of anilines is 2. The van der Waals surface area contributed by atoms with Gasteiger partial charge in [-0.05, 0) is 44.2 Å². The molecule has 8 heteroatoms. The van der Waals surface area contributed by atoms with Crippen molar-refractivity contribution in [2.45, 2.75) is 26.4 Å². The van der Waals surface area contributed by atoms with Crippen molar-refractivity contribution in [2.24, 2.45) is 0 Å². The Morgan fingerprint density at radius 1 is 1.00 bits per heavy atom. The van der Waals surface area contributed by atoms with Crippen molar-refractivity contribution in [3.05, 3.63) is 66.6 Å². The topological polar surface area (TPSA) is 70.8 Å². The van der Waals surface area contributed by atoms with Crippen LogP contribution in [-0.4, -0.2) is 63.8 Å². The van der Waals surface area contributed by atoms with E-state index in [2.05, 4.69) is 69.5 Å². The molecule has 176 valence electrons. The number of nitrogens with zero attached hydrogens (tertiary/aromatic N) is 6. The molecule has 8 nitrogen and oxygen atoms in total. The number of nitrogens with one attached hydrogen (secondary N) is 1. The van der Waals surface area contributed by atoms with Gasteiger partial charge in [-0.2, -0.15) is 0 Å². The maximum absolute atomic E-state index is 5.47. The lowest BCUT2D eigenvalue weighted by Gasteiger charge is -2.37. The molecule has 0 aliphatic carbocycles. The van der Waals surface area contributed by atoms with E-state index in [9.17, 15) is 0 Å². The summed E-state index contributed by atoms with van der Waals surface area (Å²) >= 11 is 0. The van der Waals surface area contributed by atoms with Gasteiger partial charge in [-0.3, -0.25) is 9.30 Å². The summed E-state index contributed by atoms with van der Waals surface area (Å²) in [6.07, 6.45) is 3.68. The lowest BCUT2D eigenvalue weighted by Crippen LogP contribution is -2.49. The quantitative estimate of drug-likeness (QED) is 0.451. The molecule has 1 aliphatic heterocycles. The molecule has 1 aliphatic rings. The van der Waals surface area contributed by atoms with E-state index in [1.165, 1.54) is 0 Å². The van der Waals surface area contributed by atoms with Crippen molar-refractivity contribution in [1.29, 1.82) is 0 Å². The Bertz CT molecular complexity index is 1240. The summed E-state index contributed by atoms with van der Waals surface area (Å²) in [7, 11) is 1.69. The van der Waals surface area contributed by atoms with Gasteiger partial charge in [0.1, 0.15) is 23.7 Å². The standard InChI is InChI=1S/C26H31N7O/c1-19(2)31-12-14-32(15-13-31)24-10-8-20(16-27-24)22-9-11-25(33-18-29-30-26(22)33)28-17-21-6-4-5-7-23(21)34-3/h4-11,16,18-19,28H,12-15,17H2,1-3H3. The predicted octanol–water partition coefficient (Wildman–Crippen LogP) is 3.94. The molecule has 4 aromatic rings. The minimum atomic E-state index is 0.593. The number of piperazine rings is 1. The van der Waals surface area contributed by atoms with E-state index in [1.54, 1.807) is 13.4 Å². The largest absolute Gasteiger partial charge is 0.496 e. The molecule has 0 radical (unpaired) electrons. The Morgan fingerprint density at radius 3 is 2.56 bits per heavy atom. The molecule has 0 spiro atoms. The summed E-state index contributed by atoms with van der Waals surface area (Å²) in [4.78, 5) is 9.65. The maximum atomic E-state index is 5.47. The van der Waals surface area contributed by atoms with Gasteiger partial charge < -0.3 is 15.0 Å². The molecule has 1 aromatic carbocycles. The van der Waals surface area contributed by atoms with Crippen LogP contribution in [0, 0.1) is 0 Å². The van der Waals surface area contributed by atoms with Crippen LogP contribution in [0.15, 0.2) is 61.1 Å². The summed E-state index contributed by atoms with van der Waals surface area (Å²) in [5.41, 5.74) is 3.91. The zero-order chi connectivity index (χ0) is 23.5. The predicted molar refractivity (Wildman–Crippen MR) is 135 cm³/mol. The fourth-order valence-electron chi connectivity index (χ4n) is 4.52. The number of methoxy groups -OCH3 is 1. The first kappa shape index (κ1) is 22.2. The molecule has 1 fully saturated rings. The number of rotatable bonds is 7. The maximum Gasteiger partial charge on any atom is 0.170 e. The third-order valence-corrected chi connectivity index (χ3v) is 6.54. The second-order valence-corrected chi connectivity index (χ2v) is 8.84. The van der Waals surface area contributed by atoms with Gasteiger partial charge in [-0.1, -0.05) is 18.2 Å². The van der Waals surface area contributed by atoms with E-state index < -0.39 is 0 Å². The van der Waals surface area contributed by atoms with Crippen LogP contribution >= 0.6 is 0 Å². The fourth-order valence-corrected chi connectivity index (χ4v) is 4.52. The van der Waals surface area contributed by atoms with Crippen molar-refractivity contribution in [1.82, 2.24) is 24.5 Å². The number of benzene rings is 1. The molecule has 0 amide bonds. The SMILES string of the molecule is COc1ccccc1CNc1ccc(-c2ccc(N3CCN(C(C)C)CC3)nc2)c2nncn12.